The van der Waals surface area contributed by atoms with Gasteiger partial charge in [-0.05, 0) is 36.4 Å². The molecule has 1 aromatic heterocycles. The van der Waals surface area contributed by atoms with Crippen molar-refractivity contribution in [1.29, 1.82) is 0 Å². The minimum absolute atomic E-state index is 0.321. The fraction of sp³-hybridized carbons (Fsp3) is 0.0625. The highest BCUT2D eigenvalue weighted by atomic mass is 19.1. The van der Waals surface area contributed by atoms with Gasteiger partial charge in [-0.2, -0.15) is 0 Å². The van der Waals surface area contributed by atoms with E-state index in [4.69, 9.17) is 15.2 Å². The van der Waals surface area contributed by atoms with Crippen molar-refractivity contribution < 1.29 is 13.9 Å². The molecular weight excluding hydrogens is 271 g/mol. The van der Waals surface area contributed by atoms with Gasteiger partial charge in [-0.1, -0.05) is 0 Å². The molecule has 21 heavy (non-hydrogen) atoms. The van der Waals surface area contributed by atoms with E-state index >= 15 is 0 Å². The molecule has 0 aliphatic rings. The highest BCUT2D eigenvalue weighted by molar-refractivity contribution is 5.96. The molecule has 2 aromatic carbocycles. The predicted molar refractivity (Wildman–Crippen MR) is 79.2 cm³/mol. The van der Waals surface area contributed by atoms with E-state index in [1.807, 2.05) is 6.07 Å². The van der Waals surface area contributed by atoms with Crippen LogP contribution in [0.25, 0.3) is 10.9 Å². The molecule has 0 aliphatic carbocycles. The normalized spacial score (nSPS) is 10.6. The van der Waals surface area contributed by atoms with Crippen LogP contribution in [0.5, 0.6) is 17.2 Å². The van der Waals surface area contributed by atoms with Gasteiger partial charge in [0.05, 0.1) is 18.3 Å². The third-order valence-corrected chi connectivity index (χ3v) is 3.09. The van der Waals surface area contributed by atoms with Gasteiger partial charge in [0.25, 0.3) is 0 Å². The molecule has 3 aromatic rings. The molecule has 0 atom stereocenters. The summed E-state index contributed by atoms with van der Waals surface area (Å²) in [4.78, 5) is 4.25. The number of anilines is 1. The van der Waals surface area contributed by atoms with Gasteiger partial charge in [0.2, 0.25) is 0 Å². The molecule has 0 amide bonds. The van der Waals surface area contributed by atoms with Crippen LogP contribution >= 0.6 is 0 Å². The number of aromatic nitrogens is 1. The summed E-state index contributed by atoms with van der Waals surface area (Å²) in [7, 11) is 1.54. The first kappa shape index (κ1) is 13.2. The zero-order chi connectivity index (χ0) is 14.8. The molecule has 0 unspecified atom stereocenters. The van der Waals surface area contributed by atoms with E-state index in [9.17, 15) is 4.39 Å². The second-order valence-electron chi connectivity index (χ2n) is 4.45. The van der Waals surface area contributed by atoms with Gasteiger partial charge < -0.3 is 15.2 Å². The zero-order valence-electron chi connectivity index (χ0n) is 11.3. The number of rotatable bonds is 3. The lowest BCUT2D eigenvalue weighted by Crippen LogP contribution is -1.96. The van der Waals surface area contributed by atoms with Crippen LogP contribution in [-0.4, -0.2) is 12.1 Å². The van der Waals surface area contributed by atoms with Gasteiger partial charge in [0, 0.05) is 17.6 Å². The van der Waals surface area contributed by atoms with E-state index in [-0.39, 0.29) is 5.82 Å². The average Bonchev–Trinajstić information content (AvgIpc) is 2.52. The van der Waals surface area contributed by atoms with Crippen LogP contribution in [0.15, 0.2) is 48.7 Å². The van der Waals surface area contributed by atoms with Crippen LogP contribution in [0.4, 0.5) is 10.1 Å². The molecule has 3 rings (SSSR count). The van der Waals surface area contributed by atoms with E-state index in [0.717, 1.165) is 5.39 Å². The van der Waals surface area contributed by atoms with Gasteiger partial charge in [0.15, 0.2) is 11.5 Å². The lowest BCUT2D eigenvalue weighted by atomic mass is 10.1. The molecule has 0 bridgehead atoms. The first-order chi connectivity index (χ1) is 10.2. The van der Waals surface area contributed by atoms with E-state index < -0.39 is 0 Å². The number of nitrogens with zero attached hydrogens (tertiary/aromatic N) is 1. The summed E-state index contributed by atoms with van der Waals surface area (Å²) in [6.07, 6.45) is 1.66. The Morgan fingerprint density at radius 2 is 1.90 bits per heavy atom. The van der Waals surface area contributed by atoms with Gasteiger partial charge in [-0.3, -0.25) is 4.98 Å². The molecule has 2 N–H and O–H groups in total. The third kappa shape index (κ3) is 2.45. The lowest BCUT2D eigenvalue weighted by molar-refractivity contribution is 0.381. The molecule has 0 saturated heterocycles. The van der Waals surface area contributed by atoms with E-state index in [0.29, 0.717) is 28.5 Å². The summed E-state index contributed by atoms with van der Waals surface area (Å²) >= 11 is 0. The average molecular weight is 284 g/mol. The topological polar surface area (TPSA) is 57.4 Å². The number of nitrogens with two attached hydrogens (primary N) is 1. The lowest BCUT2D eigenvalue weighted by Gasteiger charge is -2.14. The fourth-order valence-corrected chi connectivity index (χ4v) is 2.10. The quantitative estimate of drug-likeness (QED) is 0.744. The number of ether oxygens (including phenoxy) is 2. The van der Waals surface area contributed by atoms with Crippen LogP contribution in [0.3, 0.4) is 0 Å². The second-order valence-corrected chi connectivity index (χ2v) is 4.45. The molecule has 0 radical (unpaired) electrons. The number of pyridine rings is 1. The van der Waals surface area contributed by atoms with Crippen LogP contribution in [0.1, 0.15) is 0 Å². The maximum absolute atomic E-state index is 13.0. The van der Waals surface area contributed by atoms with Crippen LogP contribution in [-0.2, 0) is 0 Å². The molecule has 5 heteroatoms. The molecular formula is C16H13FN2O2. The Hall–Kier alpha value is -2.82. The van der Waals surface area contributed by atoms with Crippen molar-refractivity contribution in [1.82, 2.24) is 4.98 Å². The molecule has 106 valence electrons. The molecule has 0 fully saturated rings. The fourth-order valence-electron chi connectivity index (χ4n) is 2.10. The Morgan fingerprint density at radius 1 is 1.14 bits per heavy atom. The van der Waals surface area contributed by atoms with Crippen molar-refractivity contribution in [3.8, 4) is 17.2 Å². The molecule has 4 nitrogen and oxygen atoms in total. The van der Waals surface area contributed by atoms with Gasteiger partial charge >= 0.3 is 0 Å². The summed E-state index contributed by atoms with van der Waals surface area (Å²) in [5.41, 5.74) is 7.11. The van der Waals surface area contributed by atoms with Gasteiger partial charge in [0.1, 0.15) is 11.6 Å². The van der Waals surface area contributed by atoms with Crippen molar-refractivity contribution in [2.75, 3.05) is 12.8 Å². The smallest absolute Gasteiger partial charge is 0.178 e. The number of hydrogen-bond acceptors (Lipinski definition) is 4. The standard InChI is InChI=1S/C16H13FN2O2/c1-20-14-9-13(18)15-12(3-2-8-19-15)16(14)21-11-6-4-10(17)5-7-11/h2-9H,18H2,1H3. The van der Waals surface area contributed by atoms with Crippen molar-refractivity contribution in [2.24, 2.45) is 0 Å². The number of fused-ring (bicyclic) bond motifs is 1. The highest BCUT2D eigenvalue weighted by Crippen LogP contribution is 2.40. The van der Waals surface area contributed by atoms with Crippen molar-refractivity contribution >= 4 is 16.6 Å². The minimum atomic E-state index is -0.321. The SMILES string of the molecule is COc1cc(N)c2ncccc2c1Oc1ccc(F)cc1. The van der Waals surface area contributed by atoms with E-state index in [1.54, 1.807) is 30.5 Å². The monoisotopic (exact) mass is 284 g/mol. The molecule has 0 aliphatic heterocycles. The predicted octanol–water partition coefficient (Wildman–Crippen LogP) is 3.76. The molecule has 1 heterocycles. The Morgan fingerprint density at radius 3 is 2.62 bits per heavy atom. The maximum atomic E-state index is 13.0. The van der Waals surface area contributed by atoms with Crippen molar-refractivity contribution in [3.05, 3.63) is 54.5 Å². The Bertz CT molecular complexity index is 788. The minimum Gasteiger partial charge on any atom is -0.493 e. The number of methoxy groups -OCH3 is 1. The number of halogens is 1. The van der Waals surface area contributed by atoms with Crippen LogP contribution in [0, 0.1) is 5.82 Å². The number of nitrogen functional groups attached to an aromatic ring is 1. The van der Waals surface area contributed by atoms with Crippen molar-refractivity contribution in [2.45, 2.75) is 0 Å². The Balaban J connectivity index is 2.15. The second kappa shape index (κ2) is 5.28. The number of benzene rings is 2. The summed E-state index contributed by atoms with van der Waals surface area (Å²) in [6.45, 7) is 0. The van der Waals surface area contributed by atoms with Crippen LogP contribution < -0.4 is 15.2 Å². The van der Waals surface area contributed by atoms with Crippen LogP contribution in [0.2, 0.25) is 0 Å². The van der Waals surface area contributed by atoms with Gasteiger partial charge in [-0.25, -0.2) is 4.39 Å². The summed E-state index contributed by atoms with van der Waals surface area (Å²) in [5.74, 6) is 1.18. The first-order valence-corrected chi connectivity index (χ1v) is 6.33. The van der Waals surface area contributed by atoms with E-state index in [1.165, 1.54) is 19.2 Å². The Labute approximate surface area is 120 Å². The Kier molecular flexibility index (Phi) is 3.31. The maximum Gasteiger partial charge on any atom is 0.178 e. The summed E-state index contributed by atoms with van der Waals surface area (Å²) in [6, 6.07) is 11.1. The molecule has 0 saturated carbocycles. The third-order valence-electron chi connectivity index (χ3n) is 3.09. The highest BCUT2D eigenvalue weighted by Gasteiger charge is 2.14. The molecule has 0 spiro atoms. The van der Waals surface area contributed by atoms with Gasteiger partial charge in [-0.15, -0.1) is 0 Å². The summed E-state index contributed by atoms with van der Waals surface area (Å²) in [5, 5.41) is 0.735. The summed E-state index contributed by atoms with van der Waals surface area (Å²) < 4.78 is 24.1. The van der Waals surface area contributed by atoms with Crippen molar-refractivity contribution in [3.63, 3.8) is 0 Å². The van der Waals surface area contributed by atoms with E-state index in [2.05, 4.69) is 4.98 Å². The largest absolute Gasteiger partial charge is 0.493 e. The number of hydrogen-bond donors (Lipinski definition) is 1. The first-order valence-electron chi connectivity index (χ1n) is 6.33. The zero-order valence-corrected chi connectivity index (χ0v) is 11.3.